The fraction of sp³-hybridized carbons (Fsp3) is 0.909. The second kappa shape index (κ2) is 5.47. The van der Waals surface area contributed by atoms with Gasteiger partial charge in [-0.3, -0.25) is 4.79 Å². The zero-order valence-electron chi connectivity index (χ0n) is 9.65. The largest absolute Gasteiger partial charge is 0.382 e. The molecular formula is C11H22N2O2. The molecule has 3 N–H and O–H groups in total. The molecule has 0 saturated heterocycles. The lowest BCUT2D eigenvalue weighted by atomic mass is 9.94. The van der Waals surface area contributed by atoms with Gasteiger partial charge in [0.2, 0.25) is 0 Å². The van der Waals surface area contributed by atoms with Gasteiger partial charge >= 0.3 is 0 Å². The Morgan fingerprint density at radius 3 is 2.40 bits per heavy atom. The summed E-state index contributed by atoms with van der Waals surface area (Å²) in [5.41, 5.74) is 5.51. The van der Waals surface area contributed by atoms with Crippen molar-refractivity contribution in [2.24, 2.45) is 5.73 Å². The van der Waals surface area contributed by atoms with E-state index < -0.39 is 12.1 Å². The summed E-state index contributed by atoms with van der Waals surface area (Å²) < 4.78 is 0. The van der Waals surface area contributed by atoms with Crippen molar-refractivity contribution in [2.45, 2.75) is 57.2 Å². The Morgan fingerprint density at radius 2 is 1.93 bits per heavy atom. The van der Waals surface area contributed by atoms with Gasteiger partial charge in [0.25, 0.3) is 5.91 Å². The molecule has 4 nitrogen and oxygen atoms in total. The molecule has 0 aromatic carbocycles. The maximum atomic E-state index is 11.8. The van der Waals surface area contributed by atoms with Gasteiger partial charge in [-0.1, -0.05) is 19.3 Å². The van der Waals surface area contributed by atoms with Crippen LogP contribution in [0.2, 0.25) is 0 Å². The molecule has 15 heavy (non-hydrogen) atoms. The molecule has 88 valence electrons. The van der Waals surface area contributed by atoms with Crippen LogP contribution in [0.4, 0.5) is 0 Å². The lowest BCUT2D eigenvalue weighted by Gasteiger charge is -2.33. The van der Waals surface area contributed by atoms with Crippen molar-refractivity contribution in [1.29, 1.82) is 0 Å². The number of nitrogens with zero attached hydrogens (tertiary/aromatic N) is 1. The summed E-state index contributed by atoms with van der Waals surface area (Å²) in [7, 11) is 1.77. The van der Waals surface area contributed by atoms with Crippen LogP contribution >= 0.6 is 0 Å². The molecule has 0 aromatic heterocycles. The van der Waals surface area contributed by atoms with Crippen molar-refractivity contribution in [1.82, 2.24) is 4.90 Å². The Bertz CT molecular complexity index is 213. The number of amides is 1. The third-order valence-corrected chi connectivity index (χ3v) is 3.22. The summed E-state index contributed by atoms with van der Waals surface area (Å²) in [5, 5.41) is 9.58. The van der Waals surface area contributed by atoms with Crippen LogP contribution in [0, 0.1) is 0 Å². The van der Waals surface area contributed by atoms with Crippen LogP contribution in [0.15, 0.2) is 0 Å². The van der Waals surface area contributed by atoms with Crippen molar-refractivity contribution in [2.75, 3.05) is 7.05 Å². The number of aliphatic hydroxyl groups is 1. The van der Waals surface area contributed by atoms with Crippen LogP contribution < -0.4 is 5.73 Å². The summed E-state index contributed by atoms with van der Waals surface area (Å²) in [5.74, 6) is -0.239. The van der Waals surface area contributed by atoms with Crippen molar-refractivity contribution >= 4 is 5.91 Å². The summed E-state index contributed by atoms with van der Waals surface area (Å²) in [4.78, 5) is 13.5. The normalized spacial score (nSPS) is 22.1. The average molecular weight is 214 g/mol. The molecule has 1 unspecified atom stereocenters. The SMILES string of the molecule is C[C@@H](N)C(O)C(=O)N(C)C1CCCCC1. The monoisotopic (exact) mass is 214 g/mol. The van der Waals surface area contributed by atoms with E-state index in [0.29, 0.717) is 6.04 Å². The molecule has 2 atom stereocenters. The maximum absolute atomic E-state index is 11.8. The van der Waals surface area contributed by atoms with Gasteiger partial charge in [0.05, 0.1) is 0 Å². The molecule has 0 aromatic rings. The Balaban J connectivity index is 2.50. The molecule has 1 amide bonds. The molecule has 0 spiro atoms. The highest BCUT2D eigenvalue weighted by atomic mass is 16.3. The number of aliphatic hydroxyl groups excluding tert-OH is 1. The van der Waals surface area contributed by atoms with E-state index in [9.17, 15) is 9.90 Å². The molecule has 0 heterocycles. The number of hydrogen-bond acceptors (Lipinski definition) is 3. The lowest BCUT2D eigenvalue weighted by Crippen LogP contribution is -2.49. The van der Waals surface area contributed by atoms with Gasteiger partial charge in [-0.05, 0) is 19.8 Å². The van der Waals surface area contributed by atoms with Gasteiger partial charge in [0, 0.05) is 19.1 Å². The Morgan fingerprint density at radius 1 is 1.40 bits per heavy atom. The molecule has 0 bridgehead atoms. The molecule has 1 aliphatic rings. The number of carbonyl (C=O) groups is 1. The summed E-state index contributed by atoms with van der Waals surface area (Å²) >= 11 is 0. The number of hydrogen-bond donors (Lipinski definition) is 2. The molecular weight excluding hydrogens is 192 g/mol. The van der Waals surface area contributed by atoms with Crippen LogP contribution in [0.1, 0.15) is 39.0 Å². The first-order valence-electron chi connectivity index (χ1n) is 5.74. The van der Waals surface area contributed by atoms with Crippen LogP contribution in [-0.4, -0.2) is 41.1 Å². The van der Waals surface area contributed by atoms with E-state index in [4.69, 9.17) is 5.73 Å². The smallest absolute Gasteiger partial charge is 0.253 e. The van der Waals surface area contributed by atoms with Gasteiger partial charge in [0.1, 0.15) is 6.10 Å². The number of likely N-dealkylation sites (N-methyl/N-ethyl adjacent to an activating group) is 1. The zero-order chi connectivity index (χ0) is 11.4. The van der Waals surface area contributed by atoms with Gasteiger partial charge in [-0.25, -0.2) is 0 Å². The van der Waals surface area contributed by atoms with Gasteiger partial charge in [0.15, 0.2) is 0 Å². The van der Waals surface area contributed by atoms with Crippen molar-refractivity contribution in [3.05, 3.63) is 0 Å². The third kappa shape index (κ3) is 3.18. The van der Waals surface area contributed by atoms with Gasteiger partial charge < -0.3 is 15.7 Å². The Kier molecular flexibility index (Phi) is 4.54. The molecule has 4 heteroatoms. The molecule has 0 aliphatic heterocycles. The van der Waals surface area contributed by atoms with Crippen molar-refractivity contribution in [3.63, 3.8) is 0 Å². The predicted octanol–water partition coefficient (Wildman–Crippen LogP) is 0.486. The highest BCUT2D eigenvalue weighted by molar-refractivity contribution is 5.81. The fourth-order valence-electron chi connectivity index (χ4n) is 2.08. The van der Waals surface area contributed by atoms with Crippen molar-refractivity contribution < 1.29 is 9.90 Å². The standard InChI is InChI=1S/C11H22N2O2/c1-8(12)10(14)11(15)13(2)9-6-4-3-5-7-9/h8-10,14H,3-7,12H2,1-2H3/t8-,10?/m1/s1. The highest BCUT2D eigenvalue weighted by Gasteiger charge is 2.28. The molecule has 1 rings (SSSR count). The summed E-state index contributed by atoms with van der Waals surface area (Å²) in [6.07, 6.45) is 4.65. The minimum Gasteiger partial charge on any atom is -0.382 e. The van der Waals surface area contributed by atoms with Crippen LogP contribution in [0.3, 0.4) is 0 Å². The van der Waals surface area contributed by atoms with E-state index in [-0.39, 0.29) is 5.91 Å². The lowest BCUT2D eigenvalue weighted by molar-refractivity contribution is -0.142. The second-order valence-electron chi connectivity index (χ2n) is 4.54. The first-order chi connectivity index (χ1) is 7.04. The van der Waals surface area contributed by atoms with E-state index in [1.165, 1.54) is 19.3 Å². The van der Waals surface area contributed by atoms with E-state index in [1.807, 2.05) is 0 Å². The molecule has 0 radical (unpaired) electrons. The number of nitrogens with two attached hydrogens (primary N) is 1. The Labute approximate surface area is 91.4 Å². The van der Waals surface area contributed by atoms with E-state index in [0.717, 1.165) is 12.8 Å². The van der Waals surface area contributed by atoms with Gasteiger partial charge in [-0.15, -0.1) is 0 Å². The number of carbonyl (C=O) groups excluding carboxylic acids is 1. The Hall–Kier alpha value is -0.610. The van der Waals surface area contributed by atoms with Gasteiger partial charge in [-0.2, -0.15) is 0 Å². The fourth-order valence-corrected chi connectivity index (χ4v) is 2.08. The van der Waals surface area contributed by atoms with Crippen LogP contribution in [0.25, 0.3) is 0 Å². The summed E-state index contributed by atoms with van der Waals surface area (Å²) in [6.45, 7) is 1.65. The highest BCUT2D eigenvalue weighted by Crippen LogP contribution is 2.22. The predicted molar refractivity (Wildman–Crippen MR) is 59.3 cm³/mol. The maximum Gasteiger partial charge on any atom is 0.253 e. The first-order valence-corrected chi connectivity index (χ1v) is 5.74. The average Bonchev–Trinajstić information content (AvgIpc) is 2.27. The van der Waals surface area contributed by atoms with Crippen molar-refractivity contribution in [3.8, 4) is 0 Å². The van der Waals surface area contributed by atoms with E-state index in [2.05, 4.69) is 0 Å². The number of rotatable bonds is 3. The minimum absolute atomic E-state index is 0.239. The topological polar surface area (TPSA) is 66.6 Å². The molecule has 1 saturated carbocycles. The zero-order valence-corrected chi connectivity index (χ0v) is 9.65. The molecule has 1 aliphatic carbocycles. The van der Waals surface area contributed by atoms with Crippen LogP contribution in [0.5, 0.6) is 0 Å². The van der Waals surface area contributed by atoms with Crippen LogP contribution in [-0.2, 0) is 4.79 Å². The third-order valence-electron chi connectivity index (χ3n) is 3.22. The van der Waals surface area contributed by atoms with E-state index >= 15 is 0 Å². The summed E-state index contributed by atoms with van der Waals surface area (Å²) in [6, 6.07) is -0.205. The first kappa shape index (κ1) is 12.5. The second-order valence-corrected chi connectivity index (χ2v) is 4.54. The molecule has 1 fully saturated rings. The van der Waals surface area contributed by atoms with E-state index in [1.54, 1.807) is 18.9 Å². The quantitative estimate of drug-likeness (QED) is 0.718. The minimum atomic E-state index is -1.06.